The number of ether oxygens (including phenoxy) is 3. The topological polar surface area (TPSA) is 155 Å². The van der Waals surface area contributed by atoms with Crippen LogP contribution in [0.15, 0.2) is 60.7 Å². The van der Waals surface area contributed by atoms with Crippen molar-refractivity contribution in [3.8, 4) is 11.1 Å². The van der Waals surface area contributed by atoms with Gasteiger partial charge in [0.2, 0.25) is 11.8 Å². The molecule has 4 aromatic carbocycles. The van der Waals surface area contributed by atoms with Crippen LogP contribution in [0, 0.1) is 29.1 Å². The Hall–Kier alpha value is -5.53. The Bertz CT molecular complexity index is 2720. The second-order valence-corrected chi connectivity index (χ2v) is 19.1. The average Bonchev–Trinajstić information content (AvgIpc) is 4.12. The number of hydrogen-bond acceptors (Lipinski definition) is 8. The number of carbonyl (C=O) groups excluding carboxylic acids is 3. The lowest BCUT2D eigenvalue weighted by Gasteiger charge is -2.33. The quantitative estimate of drug-likeness (QED) is 0.138. The number of fused-ring (bicyclic) bond motifs is 7. The molecule has 324 valence electrons. The van der Waals surface area contributed by atoms with Gasteiger partial charge in [0, 0.05) is 41.2 Å². The van der Waals surface area contributed by atoms with E-state index in [1.54, 1.807) is 0 Å². The number of benzene rings is 4. The molecule has 0 aliphatic carbocycles. The lowest BCUT2D eigenvalue weighted by atomic mass is 9.80. The van der Waals surface area contributed by atoms with Crippen LogP contribution in [-0.4, -0.2) is 99.8 Å². The SMILES string of the molecule is COC(=O)N[C@H](C(=O)N1[C@H](c2nc3ccc4cc(-c5ccc6c(ccc7nc([C@@H]8C[C@@]9(CCCOC9)CN8C(=O)[C@@H](C)C(C)C)[nH]c76)c5)ccc4c3[nH]2)C[C@@H]2COC[C@@H]21)C(C)C. The summed E-state index contributed by atoms with van der Waals surface area (Å²) in [4.78, 5) is 62.0. The molecular formula is C49H57N7O6. The monoisotopic (exact) mass is 839 g/mol. The van der Waals surface area contributed by atoms with Crippen molar-refractivity contribution < 1.29 is 28.6 Å². The molecule has 62 heavy (non-hydrogen) atoms. The number of nitrogens with zero attached hydrogens (tertiary/aromatic N) is 4. The predicted octanol–water partition coefficient (Wildman–Crippen LogP) is 8.44. The van der Waals surface area contributed by atoms with Gasteiger partial charge >= 0.3 is 6.09 Å². The fourth-order valence-corrected chi connectivity index (χ4v) is 10.8. The standard InChI is InChI=1S/C49H57N7O6/c1-26(2)28(5)46(57)55-24-49(16-7-17-61-25-49)21-39(55)45-51-37-15-11-32-19-30(9-13-35(32)43(37)53-45)29-8-12-34-31(18-29)10-14-36-42(34)52-44(50-36)38-20-33-22-62-23-40(33)56(38)47(58)41(27(3)4)54-48(59)60-6/h8-15,18-19,26-28,33,38-41H,7,16-17,20-25H2,1-6H3,(H,50,52)(H,51,53)(H,54,59)/t28-,33+,38-,39-,40-,41-,49-/m0/s1. The van der Waals surface area contributed by atoms with Gasteiger partial charge < -0.3 is 39.3 Å². The van der Waals surface area contributed by atoms with E-state index in [1.165, 1.54) is 7.11 Å². The summed E-state index contributed by atoms with van der Waals surface area (Å²) >= 11 is 0. The van der Waals surface area contributed by atoms with Gasteiger partial charge in [0.15, 0.2) is 0 Å². The zero-order valence-corrected chi connectivity index (χ0v) is 36.5. The highest BCUT2D eigenvalue weighted by Gasteiger charge is 2.51. The van der Waals surface area contributed by atoms with Gasteiger partial charge in [-0.1, -0.05) is 71.0 Å². The third kappa shape index (κ3) is 6.88. The fraction of sp³-hybridized carbons (Fsp3) is 0.490. The molecule has 4 aliphatic heterocycles. The summed E-state index contributed by atoms with van der Waals surface area (Å²) < 4.78 is 16.7. The number of imidazole rings is 2. The molecule has 0 bridgehead atoms. The highest BCUT2D eigenvalue weighted by Crippen LogP contribution is 2.48. The third-order valence-electron chi connectivity index (χ3n) is 14.6. The van der Waals surface area contributed by atoms with Gasteiger partial charge in [0.1, 0.15) is 17.7 Å². The summed E-state index contributed by atoms with van der Waals surface area (Å²) in [6.07, 6.45) is 3.03. The maximum Gasteiger partial charge on any atom is 0.407 e. The van der Waals surface area contributed by atoms with E-state index in [0.717, 1.165) is 98.7 Å². The zero-order chi connectivity index (χ0) is 43.0. The van der Waals surface area contributed by atoms with Crippen LogP contribution in [0.2, 0.25) is 0 Å². The molecule has 3 N–H and O–H groups in total. The zero-order valence-electron chi connectivity index (χ0n) is 36.5. The van der Waals surface area contributed by atoms with Crippen molar-refractivity contribution in [1.82, 2.24) is 35.1 Å². The van der Waals surface area contributed by atoms with Crippen LogP contribution in [0.3, 0.4) is 0 Å². The van der Waals surface area contributed by atoms with Crippen molar-refractivity contribution in [2.75, 3.05) is 40.1 Å². The number of alkyl carbamates (subject to hydrolysis) is 1. The van der Waals surface area contributed by atoms with Crippen LogP contribution < -0.4 is 5.32 Å². The van der Waals surface area contributed by atoms with E-state index >= 15 is 0 Å². The normalized spacial score (nSPS) is 24.9. The molecule has 0 unspecified atom stereocenters. The van der Waals surface area contributed by atoms with Crippen LogP contribution in [0.4, 0.5) is 4.79 Å². The van der Waals surface area contributed by atoms with Gasteiger partial charge in [-0.2, -0.15) is 0 Å². The maximum atomic E-state index is 14.2. The second-order valence-electron chi connectivity index (χ2n) is 19.1. The smallest absolute Gasteiger partial charge is 0.407 e. The minimum Gasteiger partial charge on any atom is -0.453 e. The molecule has 6 aromatic rings. The minimum absolute atomic E-state index is 0.0356. The van der Waals surface area contributed by atoms with Gasteiger partial charge in [-0.15, -0.1) is 0 Å². The van der Waals surface area contributed by atoms with Gasteiger partial charge in [-0.25, -0.2) is 14.8 Å². The number of methoxy groups -OCH3 is 1. The largest absolute Gasteiger partial charge is 0.453 e. The van der Waals surface area contributed by atoms with Crippen molar-refractivity contribution in [3.63, 3.8) is 0 Å². The predicted molar refractivity (Wildman–Crippen MR) is 238 cm³/mol. The lowest BCUT2D eigenvalue weighted by molar-refractivity contribution is -0.139. The Labute approximate surface area is 361 Å². The first-order valence-electron chi connectivity index (χ1n) is 22.4. The lowest BCUT2D eigenvalue weighted by Crippen LogP contribution is -2.53. The number of likely N-dealkylation sites (tertiary alicyclic amines) is 2. The summed E-state index contributed by atoms with van der Waals surface area (Å²) in [5, 5.41) is 7.10. The molecule has 0 radical (unpaired) electrons. The fourth-order valence-electron chi connectivity index (χ4n) is 10.8. The number of aromatic nitrogens is 4. The molecule has 0 saturated carbocycles. The molecule has 7 atom stereocenters. The van der Waals surface area contributed by atoms with E-state index in [2.05, 4.69) is 88.6 Å². The molecule has 13 heteroatoms. The minimum atomic E-state index is -0.742. The first-order valence-corrected chi connectivity index (χ1v) is 22.4. The van der Waals surface area contributed by atoms with Gasteiger partial charge in [-0.05, 0) is 83.7 Å². The highest BCUT2D eigenvalue weighted by atomic mass is 16.5. The number of rotatable bonds is 8. The summed E-state index contributed by atoms with van der Waals surface area (Å²) in [5.41, 5.74) is 5.82. The maximum absolute atomic E-state index is 14.2. The molecule has 13 nitrogen and oxygen atoms in total. The number of aromatic amines is 2. The third-order valence-corrected chi connectivity index (χ3v) is 14.6. The van der Waals surface area contributed by atoms with Crippen molar-refractivity contribution in [2.45, 2.75) is 84.5 Å². The molecule has 4 aliphatic rings. The Morgan fingerprint density at radius 1 is 0.806 bits per heavy atom. The second kappa shape index (κ2) is 15.7. The molecule has 4 saturated heterocycles. The Kier molecular flexibility index (Phi) is 10.2. The molecule has 4 fully saturated rings. The van der Waals surface area contributed by atoms with Crippen LogP contribution in [0.5, 0.6) is 0 Å². The van der Waals surface area contributed by atoms with E-state index in [4.69, 9.17) is 24.2 Å². The summed E-state index contributed by atoms with van der Waals surface area (Å²) in [6.45, 7) is 13.4. The Balaban J connectivity index is 0.943. The average molecular weight is 840 g/mol. The summed E-state index contributed by atoms with van der Waals surface area (Å²) in [6, 6.07) is 20.3. The first kappa shape index (κ1) is 40.5. The van der Waals surface area contributed by atoms with E-state index in [0.29, 0.717) is 26.4 Å². The van der Waals surface area contributed by atoms with Crippen LogP contribution in [0.25, 0.3) is 54.7 Å². The van der Waals surface area contributed by atoms with Crippen LogP contribution in [-0.2, 0) is 23.8 Å². The molecular weight excluding hydrogens is 783 g/mol. The van der Waals surface area contributed by atoms with E-state index in [9.17, 15) is 14.4 Å². The van der Waals surface area contributed by atoms with E-state index in [1.807, 2.05) is 31.7 Å². The van der Waals surface area contributed by atoms with Gasteiger partial charge in [-0.3, -0.25) is 9.59 Å². The van der Waals surface area contributed by atoms with E-state index < -0.39 is 12.1 Å². The van der Waals surface area contributed by atoms with Crippen molar-refractivity contribution in [2.24, 2.45) is 29.1 Å². The number of hydrogen-bond donors (Lipinski definition) is 3. The summed E-state index contributed by atoms with van der Waals surface area (Å²) in [5.74, 6) is 1.86. The molecule has 2 aromatic heterocycles. The van der Waals surface area contributed by atoms with Crippen molar-refractivity contribution in [1.29, 1.82) is 0 Å². The molecule has 3 amide bonds. The van der Waals surface area contributed by atoms with Crippen molar-refractivity contribution >= 4 is 61.5 Å². The Morgan fingerprint density at radius 2 is 1.45 bits per heavy atom. The first-order chi connectivity index (χ1) is 29.9. The molecule has 1 spiro atoms. The number of amides is 3. The number of carbonyl (C=O) groups is 3. The molecule has 6 heterocycles. The van der Waals surface area contributed by atoms with Gasteiger partial charge in [0.05, 0.1) is 67.1 Å². The van der Waals surface area contributed by atoms with E-state index in [-0.39, 0.29) is 59.0 Å². The highest BCUT2D eigenvalue weighted by molar-refractivity contribution is 6.07. The van der Waals surface area contributed by atoms with Crippen LogP contribution in [0.1, 0.15) is 84.0 Å². The number of nitrogens with one attached hydrogen (secondary N) is 3. The summed E-state index contributed by atoms with van der Waals surface area (Å²) in [7, 11) is 1.30. The Morgan fingerprint density at radius 3 is 2.03 bits per heavy atom. The van der Waals surface area contributed by atoms with Crippen LogP contribution >= 0.6 is 0 Å². The van der Waals surface area contributed by atoms with Crippen molar-refractivity contribution in [3.05, 3.63) is 72.3 Å². The molecule has 10 rings (SSSR count). The number of H-pyrrole nitrogens is 2. The van der Waals surface area contributed by atoms with Gasteiger partial charge in [0.25, 0.3) is 0 Å².